The van der Waals surface area contributed by atoms with Crippen LogP contribution in [0.25, 0.3) is 0 Å². The number of nitrogens with zero attached hydrogens (tertiary/aromatic N) is 2. The Balaban J connectivity index is 1.79. The molecule has 0 unspecified atom stereocenters. The summed E-state index contributed by atoms with van der Waals surface area (Å²) < 4.78 is 60.4. The van der Waals surface area contributed by atoms with E-state index < -0.39 is 41.1 Å². The first-order valence-corrected chi connectivity index (χ1v) is 11.7. The summed E-state index contributed by atoms with van der Waals surface area (Å²) in [4.78, 5) is 40.5. The van der Waals surface area contributed by atoms with Crippen LogP contribution in [0.2, 0.25) is 0 Å². The van der Waals surface area contributed by atoms with Crippen LogP contribution in [0.15, 0.2) is 40.9 Å². The number of carbonyl (C=O) groups is 3. The molecule has 12 heteroatoms. The summed E-state index contributed by atoms with van der Waals surface area (Å²) in [6.07, 6.45) is -5.34. The molecule has 1 aliphatic heterocycles. The van der Waals surface area contributed by atoms with Crippen LogP contribution in [0.1, 0.15) is 47.1 Å². The summed E-state index contributed by atoms with van der Waals surface area (Å²) in [6, 6.07) is 6.11. The molecule has 0 aliphatic carbocycles. The summed E-state index contributed by atoms with van der Waals surface area (Å²) >= 11 is 3.06. The van der Waals surface area contributed by atoms with Crippen molar-refractivity contribution in [1.29, 1.82) is 0 Å². The Morgan fingerprint density at radius 3 is 2.11 bits per heavy atom. The number of alkyl halides is 3. The zero-order valence-corrected chi connectivity index (χ0v) is 21.3. The number of ether oxygens (including phenoxy) is 1. The van der Waals surface area contributed by atoms with Crippen molar-refractivity contribution in [3.8, 4) is 0 Å². The van der Waals surface area contributed by atoms with Crippen LogP contribution >= 0.6 is 15.9 Å². The quantitative estimate of drug-likeness (QED) is 0.488. The van der Waals surface area contributed by atoms with Crippen molar-refractivity contribution >= 4 is 39.5 Å². The van der Waals surface area contributed by atoms with Gasteiger partial charge in [0.15, 0.2) is 0 Å². The van der Waals surface area contributed by atoms with Crippen molar-refractivity contribution in [3.63, 3.8) is 0 Å². The largest absolute Gasteiger partial charge is 0.444 e. The SMILES string of the molecule is CC(C)(C)OC(=O)N1CCN(C(=O)c2cc(NC(=O)c3ccc(Br)cc3F)cc(C(F)(F)F)c2)CC1. The van der Waals surface area contributed by atoms with Crippen molar-refractivity contribution in [2.24, 2.45) is 0 Å². The summed E-state index contributed by atoms with van der Waals surface area (Å²) in [7, 11) is 0. The lowest BCUT2D eigenvalue weighted by atomic mass is 10.1. The van der Waals surface area contributed by atoms with E-state index in [1.54, 1.807) is 20.8 Å². The number of carbonyl (C=O) groups excluding carboxylic acids is 3. The van der Waals surface area contributed by atoms with E-state index in [1.165, 1.54) is 21.9 Å². The maximum atomic E-state index is 14.1. The first-order chi connectivity index (χ1) is 16.6. The molecule has 1 aliphatic rings. The predicted octanol–water partition coefficient (Wildman–Crippen LogP) is 5.55. The van der Waals surface area contributed by atoms with E-state index in [9.17, 15) is 31.9 Å². The van der Waals surface area contributed by atoms with Gasteiger partial charge in [0.1, 0.15) is 11.4 Å². The Bertz CT molecular complexity index is 1170. The van der Waals surface area contributed by atoms with Gasteiger partial charge in [-0.3, -0.25) is 9.59 Å². The maximum Gasteiger partial charge on any atom is 0.416 e. The average molecular weight is 574 g/mol. The molecule has 3 amide bonds. The highest BCUT2D eigenvalue weighted by atomic mass is 79.9. The van der Waals surface area contributed by atoms with Crippen LogP contribution in [0.4, 0.5) is 28.0 Å². The topological polar surface area (TPSA) is 79.0 Å². The first kappa shape index (κ1) is 27.4. The Morgan fingerprint density at radius 1 is 0.944 bits per heavy atom. The average Bonchev–Trinajstić information content (AvgIpc) is 2.76. The number of nitrogens with one attached hydrogen (secondary N) is 1. The second-order valence-electron chi connectivity index (χ2n) is 9.13. The molecule has 0 atom stereocenters. The highest BCUT2D eigenvalue weighted by Gasteiger charge is 2.34. The van der Waals surface area contributed by atoms with Gasteiger partial charge in [-0.15, -0.1) is 0 Å². The zero-order valence-electron chi connectivity index (χ0n) is 19.7. The molecule has 1 heterocycles. The number of hydrogen-bond donors (Lipinski definition) is 1. The minimum atomic E-state index is -4.80. The van der Waals surface area contributed by atoms with Gasteiger partial charge >= 0.3 is 12.3 Å². The fourth-order valence-electron chi connectivity index (χ4n) is 3.46. The number of halogens is 5. The van der Waals surface area contributed by atoms with Crippen LogP contribution < -0.4 is 5.32 Å². The smallest absolute Gasteiger partial charge is 0.416 e. The third kappa shape index (κ3) is 6.96. The lowest BCUT2D eigenvalue weighted by Gasteiger charge is -2.35. The van der Waals surface area contributed by atoms with E-state index >= 15 is 0 Å². The van der Waals surface area contributed by atoms with E-state index in [-0.39, 0.29) is 43.0 Å². The molecule has 1 saturated heterocycles. The molecule has 2 aromatic rings. The van der Waals surface area contributed by atoms with Crippen molar-refractivity contribution in [2.45, 2.75) is 32.5 Å². The molecular weight excluding hydrogens is 550 g/mol. The number of amides is 3. The van der Waals surface area contributed by atoms with Gasteiger partial charge in [-0.2, -0.15) is 13.2 Å². The molecule has 0 spiro atoms. The second kappa shape index (κ2) is 10.5. The van der Waals surface area contributed by atoms with Crippen molar-refractivity contribution in [1.82, 2.24) is 9.80 Å². The molecule has 1 fully saturated rings. The van der Waals surface area contributed by atoms with Crippen molar-refractivity contribution in [3.05, 3.63) is 63.4 Å². The van der Waals surface area contributed by atoms with Crippen molar-refractivity contribution in [2.75, 3.05) is 31.5 Å². The van der Waals surface area contributed by atoms with E-state index in [0.717, 1.165) is 12.1 Å². The molecule has 0 radical (unpaired) electrons. The molecular formula is C24H24BrF4N3O4. The highest BCUT2D eigenvalue weighted by molar-refractivity contribution is 9.10. The van der Waals surface area contributed by atoms with Crippen LogP contribution in [-0.2, 0) is 10.9 Å². The van der Waals surface area contributed by atoms with Gasteiger partial charge in [0.2, 0.25) is 0 Å². The van der Waals surface area contributed by atoms with Gasteiger partial charge in [-0.05, 0) is 57.2 Å². The fraction of sp³-hybridized carbons (Fsp3) is 0.375. The Morgan fingerprint density at radius 2 is 1.56 bits per heavy atom. The molecule has 1 N–H and O–H groups in total. The molecule has 36 heavy (non-hydrogen) atoms. The van der Waals surface area contributed by atoms with E-state index in [2.05, 4.69) is 21.2 Å². The normalized spacial score (nSPS) is 14.4. The maximum absolute atomic E-state index is 14.1. The summed E-state index contributed by atoms with van der Waals surface area (Å²) in [6.45, 7) is 5.62. The van der Waals surface area contributed by atoms with Crippen LogP contribution in [-0.4, -0.2) is 59.5 Å². The summed E-state index contributed by atoms with van der Waals surface area (Å²) in [5.41, 5.74) is -2.83. The second-order valence-corrected chi connectivity index (χ2v) is 10.1. The van der Waals surface area contributed by atoms with Gasteiger partial charge in [0.25, 0.3) is 11.8 Å². The Kier molecular flexibility index (Phi) is 7.97. The van der Waals surface area contributed by atoms with Crippen molar-refractivity contribution < 1.29 is 36.7 Å². The van der Waals surface area contributed by atoms with Gasteiger partial charge in [-0.1, -0.05) is 15.9 Å². The molecule has 194 valence electrons. The first-order valence-electron chi connectivity index (χ1n) is 10.9. The lowest BCUT2D eigenvalue weighted by Crippen LogP contribution is -2.51. The Hall–Kier alpha value is -3.15. The number of rotatable bonds is 3. The number of piperazine rings is 1. The standard InChI is InChI=1S/C24H24BrF4N3O4/c1-23(2,3)36-22(35)32-8-6-31(7-9-32)21(34)14-10-15(24(27,28)29)12-17(11-14)30-20(33)18-5-4-16(25)13-19(18)26/h4-5,10-13H,6-9H2,1-3H3,(H,30,33). The van der Waals surface area contributed by atoms with Gasteiger partial charge in [-0.25, -0.2) is 9.18 Å². The molecule has 3 rings (SSSR count). The molecule has 0 aromatic heterocycles. The summed E-state index contributed by atoms with van der Waals surface area (Å²) in [5.74, 6) is -2.54. The van der Waals surface area contributed by atoms with Crippen LogP contribution in [0.5, 0.6) is 0 Å². The molecule has 0 bridgehead atoms. The van der Waals surface area contributed by atoms with Gasteiger partial charge < -0.3 is 19.9 Å². The van der Waals surface area contributed by atoms with Gasteiger partial charge in [0, 0.05) is 41.9 Å². The lowest BCUT2D eigenvalue weighted by molar-refractivity contribution is -0.137. The molecule has 0 saturated carbocycles. The fourth-order valence-corrected chi connectivity index (χ4v) is 3.79. The number of benzene rings is 2. The third-order valence-electron chi connectivity index (χ3n) is 5.16. The van der Waals surface area contributed by atoms with E-state index in [4.69, 9.17) is 4.74 Å². The minimum Gasteiger partial charge on any atom is -0.444 e. The predicted molar refractivity (Wildman–Crippen MR) is 127 cm³/mol. The number of anilines is 1. The van der Waals surface area contributed by atoms with Gasteiger partial charge in [0.05, 0.1) is 11.1 Å². The van der Waals surface area contributed by atoms with E-state index in [1.807, 2.05) is 0 Å². The monoisotopic (exact) mass is 573 g/mol. The molecule has 2 aromatic carbocycles. The molecule has 7 nitrogen and oxygen atoms in total. The zero-order chi connectivity index (χ0) is 26.8. The highest BCUT2D eigenvalue weighted by Crippen LogP contribution is 2.33. The minimum absolute atomic E-state index is 0.0835. The van der Waals surface area contributed by atoms with E-state index in [0.29, 0.717) is 16.6 Å². The van der Waals surface area contributed by atoms with Crippen LogP contribution in [0, 0.1) is 5.82 Å². The van der Waals surface area contributed by atoms with Crippen LogP contribution in [0.3, 0.4) is 0 Å². The third-order valence-corrected chi connectivity index (χ3v) is 5.65. The number of hydrogen-bond acceptors (Lipinski definition) is 4. The Labute approximate surface area is 213 Å². The summed E-state index contributed by atoms with van der Waals surface area (Å²) in [5, 5.41) is 2.24.